The third kappa shape index (κ3) is 4.51. The Hall–Kier alpha value is -0.820. The quantitative estimate of drug-likeness (QED) is 0.755. The number of esters is 1. The van der Waals surface area contributed by atoms with E-state index in [1.165, 1.54) is 12.0 Å². The zero-order valence-corrected chi connectivity index (χ0v) is 9.67. The highest BCUT2D eigenvalue weighted by Crippen LogP contribution is 2.24. The van der Waals surface area contributed by atoms with Gasteiger partial charge in [-0.25, -0.2) is 0 Å². The molecule has 2 N–H and O–H groups in total. The summed E-state index contributed by atoms with van der Waals surface area (Å²) >= 11 is 0. The average Bonchev–Trinajstić information content (AvgIpc) is 2.26. The largest absolute Gasteiger partial charge is 0.468 e. The third-order valence-electron chi connectivity index (χ3n) is 3.02. The first-order valence-corrected chi connectivity index (χ1v) is 5.46. The van der Waals surface area contributed by atoms with Gasteiger partial charge in [-0.2, -0.15) is 13.2 Å². The maximum absolute atomic E-state index is 12.1. The molecule has 0 aromatic carbocycles. The molecule has 0 amide bonds. The van der Waals surface area contributed by atoms with Crippen molar-refractivity contribution in [1.29, 1.82) is 0 Å². The van der Waals surface area contributed by atoms with E-state index in [9.17, 15) is 18.0 Å². The summed E-state index contributed by atoms with van der Waals surface area (Å²) in [5.41, 5.74) is 5.66. The fraction of sp³-hybridized carbons (Fsp3) is 0.900. The van der Waals surface area contributed by atoms with Crippen LogP contribution >= 0.6 is 0 Å². The van der Waals surface area contributed by atoms with Gasteiger partial charge in [0, 0.05) is 0 Å². The molecular weight excluding hydrogens is 237 g/mol. The maximum Gasteiger partial charge on any atom is 0.401 e. The number of rotatable bonds is 3. The fourth-order valence-corrected chi connectivity index (χ4v) is 2.05. The molecule has 0 radical (unpaired) electrons. The second kappa shape index (κ2) is 5.68. The number of carbonyl (C=O) groups excluding carboxylic acids is 1. The molecule has 0 aromatic heterocycles. The Kier molecular flexibility index (Phi) is 4.76. The van der Waals surface area contributed by atoms with Crippen LogP contribution in [-0.2, 0) is 9.53 Å². The monoisotopic (exact) mass is 254 g/mol. The first-order valence-electron chi connectivity index (χ1n) is 5.46. The van der Waals surface area contributed by atoms with E-state index >= 15 is 0 Å². The third-order valence-corrected chi connectivity index (χ3v) is 3.02. The van der Waals surface area contributed by atoms with Crippen LogP contribution in [0.3, 0.4) is 0 Å². The summed E-state index contributed by atoms with van der Waals surface area (Å²) in [5, 5.41) is 0. The van der Waals surface area contributed by atoms with E-state index in [1.807, 2.05) is 0 Å². The Bertz CT molecular complexity index is 263. The molecule has 1 aliphatic heterocycles. The SMILES string of the molecule is COC(=O)C(N)C1CCN(CC(F)(F)F)CC1. The molecule has 1 unspecified atom stereocenters. The van der Waals surface area contributed by atoms with Crippen molar-refractivity contribution >= 4 is 5.97 Å². The molecule has 0 saturated carbocycles. The Morgan fingerprint density at radius 2 is 2.00 bits per heavy atom. The van der Waals surface area contributed by atoms with Gasteiger partial charge in [-0.1, -0.05) is 0 Å². The zero-order chi connectivity index (χ0) is 13.1. The van der Waals surface area contributed by atoms with Crippen molar-refractivity contribution in [2.45, 2.75) is 25.1 Å². The normalized spacial score (nSPS) is 21.2. The smallest absolute Gasteiger partial charge is 0.401 e. The minimum Gasteiger partial charge on any atom is -0.468 e. The number of hydrogen-bond donors (Lipinski definition) is 1. The molecule has 4 nitrogen and oxygen atoms in total. The Balaban J connectivity index is 2.38. The van der Waals surface area contributed by atoms with Gasteiger partial charge in [0.25, 0.3) is 0 Å². The van der Waals surface area contributed by atoms with Gasteiger partial charge in [-0.3, -0.25) is 9.69 Å². The molecule has 0 spiro atoms. The highest BCUT2D eigenvalue weighted by molar-refractivity contribution is 5.75. The summed E-state index contributed by atoms with van der Waals surface area (Å²) in [4.78, 5) is 12.5. The number of carbonyl (C=O) groups is 1. The summed E-state index contributed by atoms with van der Waals surface area (Å²) < 4.78 is 40.9. The number of likely N-dealkylation sites (tertiary alicyclic amines) is 1. The van der Waals surface area contributed by atoms with Crippen molar-refractivity contribution in [3.8, 4) is 0 Å². The van der Waals surface area contributed by atoms with Crippen LogP contribution in [0.15, 0.2) is 0 Å². The molecule has 0 bridgehead atoms. The van der Waals surface area contributed by atoms with E-state index in [1.54, 1.807) is 0 Å². The molecule has 7 heteroatoms. The van der Waals surface area contributed by atoms with Crippen molar-refractivity contribution in [2.75, 3.05) is 26.7 Å². The molecule has 1 fully saturated rings. The van der Waals surface area contributed by atoms with Crippen molar-refractivity contribution in [3.05, 3.63) is 0 Å². The average molecular weight is 254 g/mol. The van der Waals surface area contributed by atoms with Crippen molar-refractivity contribution < 1.29 is 22.7 Å². The minimum atomic E-state index is -4.17. The van der Waals surface area contributed by atoms with Gasteiger partial charge in [0.15, 0.2) is 0 Å². The molecule has 17 heavy (non-hydrogen) atoms. The van der Waals surface area contributed by atoms with E-state index in [2.05, 4.69) is 4.74 Å². The highest BCUT2D eigenvalue weighted by Gasteiger charge is 2.34. The van der Waals surface area contributed by atoms with Crippen LogP contribution in [0, 0.1) is 5.92 Å². The van der Waals surface area contributed by atoms with Gasteiger partial charge in [-0.15, -0.1) is 0 Å². The minimum absolute atomic E-state index is 0.0908. The van der Waals surface area contributed by atoms with Gasteiger partial charge < -0.3 is 10.5 Å². The molecule has 100 valence electrons. The fourth-order valence-electron chi connectivity index (χ4n) is 2.05. The summed E-state index contributed by atoms with van der Waals surface area (Å²) in [7, 11) is 1.25. The van der Waals surface area contributed by atoms with Crippen LogP contribution < -0.4 is 5.73 Å². The van der Waals surface area contributed by atoms with E-state index in [4.69, 9.17) is 5.73 Å². The highest BCUT2D eigenvalue weighted by atomic mass is 19.4. The van der Waals surface area contributed by atoms with Crippen LogP contribution in [0.4, 0.5) is 13.2 Å². The lowest BCUT2D eigenvalue weighted by Gasteiger charge is -2.34. The second-order valence-corrected chi connectivity index (χ2v) is 4.28. The lowest BCUT2D eigenvalue weighted by atomic mass is 9.90. The van der Waals surface area contributed by atoms with Crippen molar-refractivity contribution in [3.63, 3.8) is 0 Å². The van der Waals surface area contributed by atoms with Crippen LogP contribution in [0.5, 0.6) is 0 Å². The Morgan fingerprint density at radius 1 is 1.47 bits per heavy atom. The zero-order valence-electron chi connectivity index (χ0n) is 9.67. The number of alkyl halides is 3. The molecule has 0 aliphatic carbocycles. The van der Waals surface area contributed by atoms with Crippen molar-refractivity contribution in [1.82, 2.24) is 4.90 Å². The number of hydrogen-bond acceptors (Lipinski definition) is 4. The van der Waals surface area contributed by atoms with Gasteiger partial charge in [-0.05, 0) is 31.8 Å². The summed E-state index contributed by atoms with van der Waals surface area (Å²) in [6.45, 7) is -0.267. The first-order chi connectivity index (χ1) is 7.83. The number of nitrogens with zero attached hydrogens (tertiary/aromatic N) is 1. The standard InChI is InChI=1S/C10H17F3N2O2/c1-17-9(16)8(14)7-2-4-15(5-3-7)6-10(11,12)13/h7-8H,2-6,14H2,1H3. The van der Waals surface area contributed by atoms with Crippen molar-refractivity contribution in [2.24, 2.45) is 11.7 Å². The number of nitrogens with two attached hydrogens (primary N) is 1. The topological polar surface area (TPSA) is 55.6 Å². The number of piperidine rings is 1. The summed E-state index contributed by atoms with van der Waals surface area (Å²) in [6, 6.07) is -0.729. The summed E-state index contributed by atoms with van der Waals surface area (Å²) in [5.74, 6) is -0.591. The van der Waals surface area contributed by atoms with Gasteiger partial charge in [0.05, 0.1) is 13.7 Å². The summed E-state index contributed by atoms with van der Waals surface area (Å²) in [6.07, 6.45) is -3.18. The maximum atomic E-state index is 12.1. The Morgan fingerprint density at radius 3 is 2.41 bits per heavy atom. The molecule has 1 atom stereocenters. The lowest BCUT2D eigenvalue weighted by molar-refractivity contribution is -0.151. The van der Waals surface area contributed by atoms with E-state index in [0.29, 0.717) is 25.9 Å². The van der Waals surface area contributed by atoms with Gasteiger partial charge in [0.1, 0.15) is 6.04 Å². The molecule has 1 rings (SSSR count). The predicted molar refractivity (Wildman–Crippen MR) is 55.2 cm³/mol. The van der Waals surface area contributed by atoms with Gasteiger partial charge in [0.2, 0.25) is 0 Å². The number of halogens is 3. The molecule has 1 heterocycles. The van der Waals surface area contributed by atoms with Crippen LogP contribution in [0.2, 0.25) is 0 Å². The van der Waals surface area contributed by atoms with Gasteiger partial charge >= 0.3 is 12.1 Å². The van der Waals surface area contributed by atoms with Crippen LogP contribution in [0.1, 0.15) is 12.8 Å². The van der Waals surface area contributed by atoms with Crippen LogP contribution in [0.25, 0.3) is 0 Å². The second-order valence-electron chi connectivity index (χ2n) is 4.28. The van der Waals surface area contributed by atoms with E-state index in [-0.39, 0.29) is 5.92 Å². The molecule has 1 saturated heterocycles. The molecule has 0 aromatic rings. The molecule has 1 aliphatic rings. The number of methoxy groups -OCH3 is 1. The van der Waals surface area contributed by atoms with E-state index in [0.717, 1.165) is 0 Å². The lowest BCUT2D eigenvalue weighted by Crippen LogP contribution is -2.47. The van der Waals surface area contributed by atoms with E-state index < -0.39 is 24.7 Å². The molecular formula is C10H17F3N2O2. The Labute approximate surface area is 97.9 Å². The first kappa shape index (κ1) is 14.2. The number of ether oxygens (including phenoxy) is 1. The van der Waals surface area contributed by atoms with Crippen LogP contribution in [-0.4, -0.2) is 49.8 Å². The predicted octanol–water partition coefficient (Wildman–Crippen LogP) is 0.761.